The second-order valence-corrected chi connectivity index (χ2v) is 18.5. The maximum atomic E-state index is 5.18. The third-order valence-electron chi connectivity index (χ3n) is 14.5. The molecule has 0 saturated carbocycles. The van der Waals surface area contributed by atoms with Gasteiger partial charge in [0, 0.05) is 62.4 Å². The van der Waals surface area contributed by atoms with Crippen molar-refractivity contribution in [1.82, 2.24) is 9.97 Å². The molecule has 0 bridgehead atoms. The summed E-state index contributed by atoms with van der Waals surface area (Å²) in [6.07, 6.45) is 13.1. The molecule has 3 heterocycles. The average molecular weight is 835 g/mol. The fourth-order valence-electron chi connectivity index (χ4n) is 11.4. The molecule has 0 N–H and O–H groups in total. The van der Waals surface area contributed by atoms with E-state index in [4.69, 9.17) is 9.97 Å². The molecular weight excluding hydrogens is 789 g/mol. The van der Waals surface area contributed by atoms with Gasteiger partial charge < -0.3 is 9.80 Å². The van der Waals surface area contributed by atoms with E-state index in [9.17, 15) is 0 Å². The van der Waals surface area contributed by atoms with E-state index in [0.29, 0.717) is 5.92 Å². The molecule has 8 aromatic rings. The Balaban J connectivity index is 0.829. The molecular formula is C61H46N4. The maximum Gasteiger partial charge on any atom is 0.160 e. The van der Waals surface area contributed by atoms with E-state index in [2.05, 4.69) is 224 Å². The van der Waals surface area contributed by atoms with Gasteiger partial charge in [-0.05, 0) is 106 Å². The van der Waals surface area contributed by atoms with Gasteiger partial charge in [-0.25, -0.2) is 9.97 Å². The van der Waals surface area contributed by atoms with Gasteiger partial charge >= 0.3 is 0 Å². The zero-order valence-corrected chi connectivity index (χ0v) is 36.4. The second-order valence-electron chi connectivity index (χ2n) is 18.5. The molecule has 0 fully saturated rings. The van der Waals surface area contributed by atoms with Crippen molar-refractivity contribution in [3.63, 3.8) is 0 Å². The summed E-state index contributed by atoms with van der Waals surface area (Å²) in [6, 6.07) is 65.9. The third kappa shape index (κ3) is 5.97. The van der Waals surface area contributed by atoms with E-state index in [1.807, 2.05) is 12.1 Å². The summed E-state index contributed by atoms with van der Waals surface area (Å²) >= 11 is 0. The predicted octanol–water partition coefficient (Wildman–Crippen LogP) is 15.0. The van der Waals surface area contributed by atoms with Crippen LogP contribution in [0.3, 0.4) is 0 Å². The van der Waals surface area contributed by atoms with Gasteiger partial charge in [0.2, 0.25) is 0 Å². The van der Waals surface area contributed by atoms with E-state index in [0.717, 1.165) is 40.3 Å². The number of hydrogen-bond donors (Lipinski definition) is 0. The van der Waals surface area contributed by atoms with Gasteiger partial charge in [0.1, 0.15) is 0 Å². The molecule has 65 heavy (non-hydrogen) atoms. The highest BCUT2D eigenvalue weighted by Crippen LogP contribution is 2.56. The molecule has 4 heteroatoms. The second kappa shape index (κ2) is 14.6. The topological polar surface area (TPSA) is 32.3 Å². The summed E-state index contributed by atoms with van der Waals surface area (Å²) in [7, 11) is 0. The molecule has 0 amide bonds. The lowest BCUT2D eigenvalue weighted by Gasteiger charge is -2.32. The van der Waals surface area contributed by atoms with Crippen LogP contribution in [0.15, 0.2) is 229 Å². The number of hydrogen-bond acceptors (Lipinski definition) is 4. The summed E-state index contributed by atoms with van der Waals surface area (Å²) in [6.45, 7) is 4.75. The number of para-hydroxylation sites is 3. The van der Waals surface area contributed by atoms with Crippen LogP contribution in [0.4, 0.5) is 22.7 Å². The minimum absolute atomic E-state index is 0.177. The molecule has 3 unspecified atom stereocenters. The fraction of sp³-hybridized carbons (Fsp3) is 0.115. The summed E-state index contributed by atoms with van der Waals surface area (Å²) in [5.41, 5.74) is 21.9. The van der Waals surface area contributed by atoms with Crippen molar-refractivity contribution in [2.24, 2.45) is 0 Å². The van der Waals surface area contributed by atoms with Crippen LogP contribution in [0.1, 0.15) is 54.4 Å². The van der Waals surface area contributed by atoms with E-state index >= 15 is 0 Å². The highest BCUT2D eigenvalue weighted by atomic mass is 15.2. The number of fused-ring (bicyclic) bond motifs is 9. The first-order valence-corrected chi connectivity index (χ1v) is 22.9. The number of nitrogens with zero attached hydrogens (tertiary/aromatic N) is 4. The van der Waals surface area contributed by atoms with Gasteiger partial charge in [0.15, 0.2) is 5.82 Å². The van der Waals surface area contributed by atoms with Crippen LogP contribution < -0.4 is 9.80 Å². The van der Waals surface area contributed by atoms with Crippen LogP contribution in [0, 0.1) is 0 Å². The highest BCUT2D eigenvalue weighted by Gasteiger charge is 2.42. The number of anilines is 4. The van der Waals surface area contributed by atoms with Gasteiger partial charge in [-0.1, -0.05) is 172 Å². The normalized spacial score (nSPS) is 19.3. The number of allylic oxidation sites excluding steroid dienone is 6. The Hall–Kier alpha value is -7.82. The Morgan fingerprint density at radius 1 is 0.538 bits per heavy atom. The van der Waals surface area contributed by atoms with Crippen molar-refractivity contribution in [3.05, 3.63) is 251 Å². The minimum atomic E-state index is -0.237. The molecule has 13 rings (SSSR count). The summed E-state index contributed by atoms with van der Waals surface area (Å²) < 4.78 is 0. The average Bonchev–Trinajstić information content (AvgIpc) is 3.96. The van der Waals surface area contributed by atoms with Gasteiger partial charge in [-0.2, -0.15) is 0 Å². The van der Waals surface area contributed by atoms with Crippen molar-refractivity contribution in [2.75, 3.05) is 9.80 Å². The molecule has 0 spiro atoms. The molecule has 5 aliphatic rings. The smallest absolute Gasteiger partial charge is 0.160 e. The molecule has 4 nitrogen and oxygen atoms in total. The Kier molecular flexibility index (Phi) is 8.48. The first kappa shape index (κ1) is 37.7. The number of aromatic nitrogens is 2. The van der Waals surface area contributed by atoms with Crippen molar-refractivity contribution in [2.45, 2.75) is 43.6 Å². The molecule has 3 aliphatic carbocycles. The fourth-order valence-corrected chi connectivity index (χ4v) is 11.4. The van der Waals surface area contributed by atoms with Gasteiger partial charge in [-0.3, -0.25) is 0 Å². The SMILES string of the molecule is CC1(C)c2cc(-c3nc(-c4ccccc4)cc(-c4ccccc4)n3)ccc2-c2ccc(N3c4ccccc4C4C=C(C5=CC=C6C(C5)c5ccccc5N6c5ccccc5)C=CC43)cc21. The first-order chi connectivity index (χ1) is 32.0. The lowest BCUT2D eigenvalue weighted by Crippen LogP contribution is -2.29. The van der Waals surface area contributed by atoms with Crippen LogP contribution in [0.25, 0.3) is 45.0 Å². The maximum absolute atomic E-state index is 5.18. The lowest BCUT2D eigenvalue weighted by molar-refractivity contribution is 0.659. The van der Waals surface area contributed by atoms with Crippen molar-refractivity contribution < 1.29 is 0 Å². The first-order valence-electron chi connectivity index (χ1n) is 22.9. The zero-order chi connectivity index (χ0) is 43.2. The Labute approximate surface area is 380 Å². The number of rotatable bonds is 6. The van der Waals surface area contributed by atoms with Crippen molar-refractivity contribution >= 4 is 22.7 Å². The van der Waals surface area contributed by atoms with E-state index in [-0.39, 0.29) is 17.4 Å². The van der Waals surface area contributed by atoms with Crippen LogP contribution in [-0.4, -0.2) is 16.0 Å². The van der Waals surface area contributed by atoms with E-state index in [1.54, 1.807) is 0 Å². The van der Waals surface area contributed by atoms with Crippen LogP contribution in [0.5, 0.6) is 0 Å². The van der Waals surface area contributed by atoms with Crippen molar-refractivity contribution in [3.8, 4) is 45.0 Å². The largest absolute Gasteiger partial charge is 0.333 e. The molecule has 1 aromatic heterocycles. The molecule has 2 aliphatic heterocycles. The molecule has 0 saturated heterocycles. The molecule has 0 radical (unpaired) electrons. The minimum Gasteiger partial charge on any atom is -0.333 e. The summed E-state index contributed by atoms with van der Waals surface area (Å²) in [5.74, 6) is 1.29. The van der Waals surface area contributed by atoms with Crippen molar-refractivity contribution in [1.29, 1.82) is 0 Å². The third-order valence-corrected chi connectivity index (χ3v) is 14.5. The Bertz CT molecular complexity index is 3280. The molecule has 310 valence electrons. The van der Waals surface area contributed by atoms with Gasteiger partial charge in [0.25, 0.3) is 0 Å². The Morgan fingerprint density at radius 2 is 1.15 bits per heavy atom. The summed E-state index contributed by atoms with van der Waals surface area (Å²) in [5, 5.41) is 0. The Morgan fingerprint density at radius 3 is 1.88 bits per heavy atom. The van der Waals surface area contributed by atoms with Crippen LogP contribution in [0.2, 0.25) is 0 Å². The lowest BCUT2D eigenvalue weighted by atomic mass is 9.80. The van der Waals surface area contributed by atoms with Crippen LogP contribution in [-0.2, 0) is 5.41 Å². The molecule has 3 atom stereocenters. The van der Waals surface area contributed by atoms with E-state index in [1.165, 1.54) is 73.0 Å². The van der Waals surface area contributed by atoms with Crippen LogP contribution >= 0.6 is 0 Å². The molecule has 7 aromatic carbocycles. The quantitative estimate of drug-likeness (QED) is 0.167. The number of benzene rings is 7. The zero-order valence-electron chi connectivity index (χ0n) is 36.4. The van der Waals surface area contributed by atoms with Gasteiger partial charge in [0.05, 0.1) is 17.4 Å². The standard InChI is InChI=1S/C61H46N4/c1-61(2)52-36-43(60-62-54(39-16-6-3-7-17-39)38-55(63-60)40-18-8-4-9-19-40)26-30-46(52)47-31-29-45(37-53(47)61)65-57-25-15-13-23-49(57)51-35-42(28-33-59(51)65)41-27-32-58-50(34-41)48-22-12-14-24-56(48)64(58)44-20-10-5-11-21-44/h3-33,35-38,50-51,59H,34H2,1-2H3. The summed E-state index contributed by atoms with van der Waals surface area (Å²) in [4.78, 5) is 15.4. The highest BCUT2D eigenvalue weighted by molar-refractivity contribution is 5.87. The van der Waals surface area contributed by atoms with E-state index < -0.39 is 0 Å². The monoisotopic (exact) mass is 834 g/mol. The van der Waals surface area contributed by atoms with Gasteiger partial charge in [-0.15, -0.1) is 0 Å². The predicted molar refractivity (Wildman–Crippen MR) is 267 cm³/mol.